The van der Waals surface area contributed by atoms with Gasteiger partial charge in [0.05, 0.1) is 11.5 Å². The van der Waals surface area contributed by atoms with E-state index in [4.69, 9.17) is 0 Å². The Balaban J connectivity index is 1.95. The zero-order valence-electron chi connectivity index (χ0n) is 14.0. The number of amidine groups is 1. The van der Waals surface area contributed by atoms with Crippen LogP contribution in [0.25, 0.3) is 0 Å². The summed E-state index contributed by atoms with van der Waals surface area (Å²) in [6.07, 6.45) is 0.965. The number of non-ortho nitro benzene ring substituents is 1. The number of aliphatic imine (C=N–C) groups is 1. The summed E-state index contributed by atoms with van der Waals surface area (Å²) in [7, 11) is 0. The number of aliphatic hydroxyl groups is 1. The topological polar surface area (TPSA) is 78.7 Å². The van der Waals surface area contributed by atoms with Crippen LogP contribution in [-0.4, -0.2) is 44.3 Å². The van der Waals surface area contributed by atoms with Gasteiger partial charge in [0, 0.05) is 23.4 Å². The van der Waals surface area contributed by atoms with Gasteiger partial charge in [-0.1, -0.05) is 47.5 Å². The summed E-state index contributed by atoms with van der Waals surface area (Å²) >= 11 is 1.66. The predicted octanol–water partition coefficient (Wildman–Crippen LogP) is 2.79. The smallest absolute Gasteiger partial charge is 0.354 e. The second-order valence-electron chi connectivity index (χ2n) is 6.33. The molecule has 1 N–H and O–H groups in total. The largest absolute Gasteiger partial charge is 0.373 e. The van der Waals surface area contributed by atoms with Gasteiger partial charge in [0.2, 0.25) is 0 Å². The Hall–Kier alpha value is -2.51. The predicted molar refractivity (Wildman–Crippen MR) is 102 cm³/mol. The fourth-order valence-electron chi connectivity index (χ4n) is 3.48. The van der Waals surface area contributed by atoms with E-state index >= 15 is 0 Å². The highest BCUT2D eigenvalue weighted by atomic mass is 32.2. The van der Waals surface area contributed by atoms with Crippen molar-refractivity contribution in [3.8, 4) is 0 Å². The molecule has 0 bridgehead atoms. The van der Waals surface area contributed by atoms with Crippen molar-refractivity contribution in [2.24, 2.45) is 4.99 Å². The summed E-state index contributed by atoms with van der Waals surface area (Å²) in [5, 5.41) is 23.8. The lowest BCUT2D eigenvalue weighted by Crippen LogP contribution is -2.50. The van der Waals surface area contributed by atoms with Gasteiger partial charge < -0.3 is 5.11 Å². The minimum absolute atomic E-state index is 0.0131. The van der Waals surface area contributed by atoms with Gasteiger partial charge in [-0.2, -0.15) is 0 Å². The molecule has 0 aliphatic carbocycles. The lowest BCUT2D eigenvalue weighted by molar-refractivity contribution is -0.413. The maximum absolute atomic E-state index is 11.7. The number of hydrogen-bond acceptors (Lipinski definition) is 5. The number of benzene rings is 2. The molecule has 1 fully saturated rings. The Morgan fingerprint density at radius 2 is 2.00 bits per heavy atom. The van der Waals surface area contributed by atoms with Gasteiger partial charge in [-0.05, 0) is 23.7 Å². The van der Waals surface area contributed by atoms with Crippen LogP contribution >= 0.6 is 11.8 Å². The first-order valence-electron chi connectivity index (χ1n) is 8.44. The quantitative estimate of drug-likeness (QED) is 0.513. The van der Waals surface area contributed by atoms with E-state index < -0.39 is 10.5 Å². The maximum Gasteiger partial charge on any atom is 0.354 e. The highest BCUT2D eigenvalue weighted by molar-refractivity contribution is 8.13. The maximum atomic E-state index is 11.7. The minimum Gasteiger partial charge on any atom is -0.373 e. The number of hydrogen-bond donors (Lipinski definition) is 1. The molecule has 4 rings (SSSR count). The van der Waals surface area contributed by atoms with E-state index in [0.29, 0.717) is 11.3 Å². The van der Waals surface area contributed by atoms with Gasteiger partial charge in [0.25, 0.3) is 5.69 Å². The molecule has 2 aliphatic heterocycles. The number of thioether (sulfide) groups is 1. The third-order valence-corrected chi connectivity index (χ3v) is 5.78. The SMILES string of the molecule is O=[N+]([O-])c1cccc(C2=[N+]3CCCSC3=NC[C@]2(O)c2ccccc2)c1. The number of nitrogens with zero attached hydrogens (tertiary/aromatic N) is 3. The number of fused-ring (bicyclic) bond motifs is 1. The van der Waals surface area contributed by atoms with Crippen molar-refractivity contribution in [2.45, 2.75) is 12.0 Å². The minimum atomic E-state index is -1.32. The van der Waals surface area contributed by atoms with Crippen molar-refractivity contribution in [3.05, 3.63) is 75.8 Å². The number of nitro benzene ring substituents is 1. The number of rotatable bonds is 3. The van der Waals surface area contributed by atoms with E-state index in [2.05, 4.69) is 4.99 Å². The van der Waals surface area contributed by atoms with E-state index in [1.165, 1.54) is 12.1 Å². The summed E-state index contributed by atoms with van der Waals surface area (Å²) in [6, 6.07) is 15.9. The molecule has 0 spiro atoms. The molecular formula is C19H18N3O3S+. The van der Waals surface area contributed by atoms with E-state index in [9.17, 15) is 15.2 Å². The molecule has 2 aliphatic rings. The van der Waals surface area contributed by atoms with E-state index in [-0.39, 0.29) is 12.2 Å². The molecule has 1 saturated heterocycles. The van der Waals surface area contributed by atoms with Gasteiger partial charge >= 0.3 is 5.17 Å². The summed E-state index contributed by atoms with van der Waals surface area (Å²) in [6.45, 7) is 0.937. The molecule has 0 radical (unpaired) electrons. The number of nitro groups is 1. The van der Waals surface area contributed by atoms with Crippen molar-refractivity contribution in [1.29, 1.82) is 0 Å². The second kappa shape index (κ2) is 6.66. The molecule has 0 saturated carbocycles. The normalized spacial score (nSPS) is 22.6. The molecule has 2 aromatic carbocycles. The highest BCUT2D eigenvalue weighted by Crippen LogP contribution is 2.33. The highest BCUT2D eigenvalue weighted by Gasteiger charge is 2.47. The van der Waals surface area contributed by atoms with Crippen molar-refractivity contribution in [1.82, 2.24) is 0 Å². The average Bonchev–Trinajstić information content (AvgIpc) is 2.68. The monoisotopic (exact) mass is 368 g/mol. The molecule has 26 heavy (non-hydrogen) atoms. The fraction of sp³-hybridized carbons (Fsp3) is 0.263. The van der Waals surface area contributed by atoms with Crippen molar-refractivity contribution >= 4 is 28.3 Å². The van der Waals surface area contributed by atoms with Crippen molar-refractivity contribution in [3.63, 3.8) is 0 Å². The zero-order valence-corrected chi connectivity index (χ0v) is 14.9. The van der Waals surface area contributed by atoms with Crippen LogP contribution < -0.4 is 0 Å². The van der Waals surface area contributed by atoms with Crippen LogP contribution in [0.4, 0.5) is 5.69 Å². The van der Waals surface area contributed by atoms with Gasteiger partial charge in [-0.25, -0.2) is 4.58 Å². The third-order valence-electron chi connectivity index (χ3n) is 4.67. The van der Waals surface area contributed by atoms with Crippen LogP contribution in [0.2, 0.25) is 0 Å². The van der Waals surface area contributed by atoms with Crippen LogP contribution in [0.3, 0.4) is 0 Å². The molecule has 132 valence electrons. The van der Waals surface area contributed by atoms with Gasteiger partial charge in [0.1, 0.15) is 0 Å². The van der Waals surface area contributed by atoms with Crippen molar-refractivity contribution in [2.75, 3.05) is 18.8 Å². The summed E-state index contributed by atoms with van der Waals surface area (Å²) in [5.74, 6) is 0.987. The first-order valence-corrected chi connectivity index (χ1v) is 9.43. The van der Waals surface area contributed by atoms with Crippen LogP contribution in [-0.2, 0) is 5.60 Å². The molecule has 1 atom stereocenters. The first kappa shape index (κ1) is 16.9. The van der Waals surface area contributed by atoms with Gasteiger partial charge in [-0.3, -0.25) is 10.1 Å². The van der Waals surface area contributed by atoms with Gasteiger partial charge in [0.15, 0.2) is 17.9 Å². The summed E-state index contributed by atoms with van der Waals surface area (Å²) in [5.41, 5.74) is 0.752. The van der Waals surface area contributed by atoms with Crippen LogP contribution in [0, 0.1) is 10.1 Å². The lowest BCUT2D eigenvalue weighted by Gasteiger charge is -2.32. The Kier molecular flexibility index (Phi) is 4.34. The van der Waals surface area contributed by atoms with Gasteiger partial charge in [-0.15, -0.1) is 0 Å². The summed E-state index contributed by atoms with van der Waals surface area (Å²) in [4.78, 5) is 15.4. The third kappa shape index (κ3) is 2.83. The van der Waals surface area contributed by atoms with Crippen LogP contribution in [0.15, 0.2) is 59.6 Å². The van der Waals surface area contributed by atoms with E-state index in [1.807, 2.05) is 41.0 Å². The Bertz CT molecular complexity index is 927. The molecule has 0 aromatic heterocycles. The molecular weight excluding hydrogens is 350 g/mol. The molecule has 2 aromatic rings. The van der Waals surface area contributed by atoms with E-state index in [1.54, 1.807) is 17.8 Å². The van der Waals surface area contributed by atoms with E-state index in [0.717, 1.165) is 29.4 Å². The molecule has 6 nitrogen and oxygen atoms in total. The second-order valence-corrected chi connectivity index (χ2v) is 7.40. The standard InChI is InChI=1S/C19H18N3O3S/c23-19(15-7-2-1-3-8-15)13-20-18-21(10-5-11-26-18)17(19)14-6-4-9-16(12-14)22(24)25/h1-4,6-9,12,23H,5,10-11,13H2/q+1/t19-/m0/s1. The molecule has 0 amide bonds. The first-order chi connectivity index (χ1) is 12.6. The lowest BCUT2D eigenvalue weighted by atomic mass is 9.84. The Morgan fingerprint density at radius 3 is 2.77 bits per heavy atom. The molecule has 2 heterocycles. The Morgan fingerprint density at radius 1 is 1.19 bits per heavy atom. The Labute approximate surface area is 155 Å². The fourth-order valence-corrected chi connectivity index (χ4v) is 4.43. The average molecular weight is 368 g/mol. The van der Waals surface area contributed by atoms with Crippen LogP contribution in [0.5, 0.6) is 0 Å². The molecule has 0 unspecified atom stereocenters. The van der Waals surface area contributed by atoms with Crippen molar-refractivity contribution < 1.29 is 14.6 Å². The zero-order chi connectivity index (χ0) is 18.1. The summed E-state index contributed by atoms with van der Waals surface area (Å²) < 4.78 is 2.02. The molecule has 7 heteroatoms. The van der Waals surface area contributed by atoms with Crippen LogP contribution in [0.1, 0.15) is 17.5 Å².